The number of hydrogen-bond donors (Lipinski definition) is 0. The number of rotatable bonds is 8. The fraction of sp³-hybridized carbons (Fsp3) is 0.588. The Balaban J connectivity index is 3.12. The number of unbranched alkanes of at least 4 members (excludes halogenated alkanes) is 1. The molecule has 148 valence electrons. The summed E-state index contributed by atoms with van der Waals surface area (Å²) in [6.07, 6.45) is -5.85. The summed E-state index contributed by atoms with van der Waals surface area (Å²) >= 11 is 0. The molecular weight excluding hydrogens is 367 g/mol. The SMILES string of the molecule is CCCCN(C(=O)C(F)(F)C(F)(F)C(F)(F)F)C(C)Cc1ccccc1. The van der Waals surface area contributed by atoms with Gasteiger partial charge in [-0.05, 0) is 25.3 Å². The third-order valence-corrected chi connectivity index (χ3v) is 3.94. The van der Waals surface area contributed by atoms with E-state index in [4.69, 9.17) is 0 Å². The monoisotopic (exact) mass is 387 g/mol. The van der Waals surface area contributed by atoms with E-state index >= 15 is 0 Å². The predicted molar refractivity (Wildman–Crippen MR) is 82.2 cm³/mol. The first-order valence-electron chi connectivity index (χ1n) is 8.03. The van der Waals surface area contributed by atoms with Gasteiger partial charge in [0.25, 0.3) is 5.91 Å². The van der Waals surface area contributed by atoms with Gasteiger partial charge in [0, 0.05) is 12.6 Å². The fourth-order valence-corrected chi connectivity index (χ4v) is 2.41. The molecule has 0 aliphatic carbocycles. The van der Waals surface area contributed by atoms with E-state index in [0.717, 1.165) is 0 Å². The zero-order valence-electron chi connectivity index (χ0n) is 14.3. The molecule has 0 spiro atoms. The Kier molecular flexibility index (Phi) is 7.07. The van der Waals surface area contributed by atoms with Crippen LogP contribution in [0.3, 0.4) is 0 Å². The van der Waals surface area contributed by atoms with Crippen molar-refractivity contribution in [2.75, 3.05) is 6.54 Å². The second-order valence-electron chi connectivity index (χ2n) is 6.04. The van der Waals surface area contributed by atoms with Gasteiger partial charge in [-0.2, -0.15) is 30.7 Å². The Labute approximate surface area is 147 Å². The van der Waals surface area contributed by atoms with Gasteiger partial charge >= 0.3 is 18.0 Å². The minimum absolute atomic E-state index is 0.0456. The van der Waals surface area contributed by atoms with Gasteiger partial charge in [0.05, 0.1) is 0 Å². The molecule has 1 rings (SSSR count). The number of nitrogens with zero attached hydrogens (tertiary/aromatic N) is 1. The molecule has 1 amide bonds. The molecule has 1 aromatic carbocycles. The molecule has 0 aliphatic heterocycles. The number of alkyl halides is 7. The van der Waals surface area contributed by atoms with Crippen molar-refractivity contribution in [3.05, 3.63) is 35.9 Å². The van der Waals surface area contributed by atoms with Crippen molar-refractivity contribution in [3.8, 4) is 0 Å². The molecule has 2 nitrogen and oxygen atoms in total. The summed E-state index contributed by atoms with van der Waals surface area (Å²) in [6.45, 7) is 2.67. The number of carbonyl (C=O) groups is 1. The third kappa shape index (κ3) is 4.67. The van der Waals surface area contributed by atoms with E-state index in [0.29, 0.717) is 16.9 Å². The number of hydrogen-bond acceptors (Lipinski definition) is 1. The van der Waals surface area contributed by atoms with Crippen LogP contribution >= 0.6 is 0 Å². The largest absolute Gasteiger partial charge is 0.460 e. The summed E-state index contributed by atoms with van der Waals surface area (Å²) in [5.41, 5.74) is 0.639. The maximum atomic E-state index is 13.8. The van der Waals surface area contributed by atoms with E-state index in [9.17, 15) is 35.5 Å². The van der Waals surface area contributed by atoms with Crippen LogP contribution < -0.4 is 0 Å². The molecular formula is C17H20F7NO. The van der Waals surface area contributed by atoms with E-state index in [1.807, 2.05) is 0 Å². The molecule has 1 aromatic rings. The Bertz CT molecular complexity index is 587. The summed E-state index contributed by atoms with van der Waals surface area (Å²) in [5.74, 6) is -14.9. The molecule has 0 heterocycles. The molecule has 0 aliphatic rings. The standard InChI is InChI=1S/C17H20F7NO/c1-3-4-10-25(12(2)11-13-8-6-5-7-9-13)14(26)15(18,19)16(20,21)17(22,23)24/h5-9,12H,3-4,10-11H2,1-2H3. The highest BCUT2D eigenvalue weighted by Crippen LogP contribution is 2.47. The summed E-state index contributed by atoms with van der Waals surface area (Å²) in [6, 6.07) is 7.32. The van der Waals surface area contributed by atoms with Gasteiger partial charge in [-0.3, -0.25) is 4.79 Å². The van der Waals surface area contributed by atoms with Crippen molar-refractivity contribution in [2.24, 2.45) is 0 Å². The van der Waals surface area contributed by atoms with Crippen LogP contribution in [-0.2, 0) is 11.2 Å². The molecule has 1 unspecified atom stereocenters. The van der Waals surface area contributed by atoms with Crippen LogP contribution in [0.4, 0.5) is 30.7 Å². The van der Waals surface area contributed by atoms with E-state index in [1.165, 1.54) is 6.92 Å². The van der Waals surface area contributed by atoms with Crippen LogP contribution in [0.1, 0.15) is 32.3 Å². The van der Waals surface area contributed by atoms with Crippen molar-refractivity contribution in [1.29, 1.82) is 0 Å². The minimum Gasteiger partial charge on any atom is -0.334 e. The van der Waals surface area contributed by atoms with Crippen molar-refractivity contribution < 1.29 is 35.5 Å². The van der Waals surface area contributed by atoms with Gasteiger partial charge in [-0.25, -0.2) is 0 Å². The Morgan fingerprint density at radius 2 is 1.58 bits per heavy atom. The first-order valence-corrected chi connectivity index (χ1v) is 8.03. The average Bonchev–Trinajstić information content (AvgIpc) is 2.54. The summed E-state index contributed by atoms with van der Waals surface area (Å²) in [7, 11) is 0. The van der Waals surface area contributed by atoms with Crippen molar-refractivity contribution in [2.45, 2.75) is 57.2 Å². The van der Waals surface area contributed by atoms with Crippen LogP contribution in [0.2, 0.25) is 0 Å². The second kappa shape index (κ2) is 8.26. The smallest absolute Gasteiger partial charge is 0.334 e. The Hall–Kier alpha value is -1.80. The maximum absolute atomic E-state index is 13.8. The number of benzene rings is 1. The van der Waals surface area contributed by atoms with Crippen LogP contribution in [-0.4, -0.2) is 41.4 Å². The predicted octanol–water partition coefficient (Wildman–Crippen LogP) is 5.08. The summed E-state index contributed by atoms with van der Waals surface area (Å²) in [4.78, 5) is 12.4. The van der Waals surface area contributed by atoms with Crippen LogP contribution in [0.5, 0.6) is 0 Å². The zero-order valence-corrected chi connectivity index (χ0v) is 14.3. The summed E-state index contributed by atoms with van der Waals surface area (Å²) < 4.78 is 91.1. The first-order chi connectivity index (χ1) is 11.9. The molecule has 0 saturated carbocycles. The topological polar surface area (TPSA) is 20.3 Å². The molecule has 0 N–H and O–H groups in total. The van der Waals surface area contributed by atoms with Crippen LogP contribution in [0, 0.1) is 0 Å². The lowest BCUT2D eigenvalue weighted by Gasteiger charge is -2.35. The van der Waals surface area contributed by atoms with Gasteiger partial charge in [-0.15, -0.1) is 0 Å². The number of halogens is 7. The van der Waals surface area contributed by atoms with Crippen molar-refractivity contribution in [3.63, 3.8) is 0 Å². The normalized spacial score (nSPS) is 14.2. The maximum Gasteiger partial charge on any atom is 0.460 e. The fourth-order valence-electron chi connectivity index (χ4n) is 2.41. The van der Waals surface area contributed by atoms with E-state index in [2.05, 4.69) is 0 Å². The minimum atomic E-state index is -6.54. The molecule has 0 radical (unpaired) electrons. The molecule has 0 bridgehead atoms. The molecule has 26 heavy (non-hydrogen) atoms. The third-order valence-electron chi connectivity index (χ3n) is 3.94. The lowest BCUT2D eigenvalue weighted by Crippen LogP contribution is -2.61. The van der Waals surface area contributed by atoms with Gasteiger partial charge in [-0.1, -0.05) is 43.7 Å². The Morgan fingerprint density at radius 3 is 2.04 bits per heavy atom. The molecule has 0 saturated heterocycles. The second-order valence-corrected chi connectivity index (χ2v) is 6.04. The number of carbonyl (C=O) groups excluding carboxylic acids is 1. The van der Waals surface area contributed by atoms with Gasteiger partial charge in [0.1, 0.15) is 0 Å². The summed E-state index contributed by atoms with van der Waals surface area (Å²) in [5, 5.41) is 0. The van der Waals surface area contributed by atoms with E-state index < -0.39 is 30.0 Å². The lowest BCUT2D eigenvalue weighted by molar-refractivity contribution is -0.346. The van der Waals surface area contributed by atoms with Gasteiger partial charge in [0.2, 0.25) is 0 Å². The number of amides is 1. The first kappa shape index (κ1) is 22.2. The van der Waals surface area contributed by atoms with Crippen molar-refractivity contribution >= 4 is 5.91 Å². The highest BCUT2D eigenvalue weighted by Gasteiger charge is 2.77. The Morgan fingerprint density at radius 1 is 1.04 bits per heavy atom. The van der Waals surface area contributed by atoms with Gasteiger partial charge in [0.15, 0.2) is 0 Å². The zero-order chi connectivity index (χ0) is 20.2. The molecule has 1 atom stereocenters. The van der Waals surface area contributed by atoms with Gasteiger partial charge < -0.3 is 4.90 Å². The highest BCUT2D eigenvalue weighted by atomic mass is 19.4. The van der Waals surface area contributed by atoms with Crippen LogP contribution in [0.15, 0.2) is 30.3 Å². The molecule has 9 heteroatoms. The molecule has 0 fully saturated rings. The highest BCUT2D eigenvalue weighted by molar-refractivity contribution is 5.85. The molecule has 0 aromatic heterocycles. The lowest BCUT2D eigenvalue weighted by atomic mass is 10.0. The van der Waals surface area contributed by atoms with E-state index in [-0.39, 0.29) is 19.4 Å². The van der Waals surface area contributed by atoms with E-state index in [1.54, 1.807) is 37.3 Å². The average molecular weight is 387 g/mol. The van der Waals surface area contributed by atoms with Crippen molar-refractivity contribution in [1.82, 2.24) is 4.90 Å². The van der Waals surface area contributed by atoms with Crippen LogP contribution in [0.25, 0.3) is 0 Å². The quantitative estimate of drug-likeness (QED) is 0.570.